The molecule has 1 aliphatic heterocycles. The lowest BCUT2D eigenvalue weighted by atomic mass is 9.93. The fourth-order valence-electron chi connectivity index (χ4n) is 2.79. The van der Waals surface area contributed by atoms with E-state index in [4.69, 9.17) is 14.6 Å². The summed E-state index contributed by atoms with van der Waals surface area (Å²) in [7, 11) is 3.19. The molecule has 0 fully saturated rings. The second-order valence-electron chi connectivity index (χ2n) is 5.31. The quantitative estimate of drug-likeness (QED) is 0.854. The number of methoxy groups -OCH3 is 2. The molecule has 0 bridgehead atoms. The number of carboxylic acids is 1. The second-order valence-corrected chi connectivity index (χ2v) is 6.29. The van der Waals surface area contributed by atoms with E-state index in [0.29, 0.717) is 18.0 Å². The van der Waals surface area contributed by atoms with Gasteiger partial charge in [-0.15, -0.1) is 11.8 Å². The first-order chi connectivity index (χ1) is 11.0. The second kappa shape index (κ2) is 7.59. The van der Waals surface area contributed by atoms with Crippen molar-refractivity contribution in [3.63, 3.8) is 0 Å². The number of benzene rings is 1. The molecule has 7 heteroatoms. The van der Waals surface area contributed by atoms with Crippen LogP contribution < -0.4 is 9.47 Å². The minimum Gasteiger partial charge on any atom is -0.493 e. The summed E-state index contributed by atoms with van der Waals surface area (Å²) in [6, 6.07) is 3.81. The number of fused-ring (bicyclic) bond motifs is 1. The molecule has 1 unspecified atom stereocenters. The van der Waals surface area contributed by atoms with Gasteiger partial charge in [0.25, 0.3) is 0 Å². The lowest BCUT2D eigenvalue weighted by Crippen LogP contribution is -2.40. The monoisotopic (exact) mass is 339 g/mol. The highest BCUT2D eigenvalue weighted by molar-refractivity contribution is 8.00. The maximum atomic E-state index is 12.3. The molecule has 0 spiro atoms. The molecule has 0 aromatic heterocycles. The summed E-state index contributed by atoms with van der Waals surface area (Å²) in [4.78, 5) is 24.7. The molecule has 2 rings (SSSR count). The number of ether oxygens (including phenoxy) is 2. The number of thioether (sulfide) groups is 1. The Kier molecular flexibility index (Phi) is 5.76. The molecular weight excluding hydrogens is 318 g/mol. The molecule has 0 radical (unpaired) electrons. The van der Waals surface area contributed by atoms with Crippen LogP contribution >= 0.6 is 11.8 Å². The lowest BCUT2D eigenvalue weighted by Gasteiger charge is -2.35. The maximum Gasteiger partial charge on any atom is 0.313 e. The van der Waals surface area contributed by atoms with Gasteiger partial charge < -0.3 is 19.5 Å². The molecule has 1 amide bonds. The van der Waals surface area contributed by atoms with E-state index in [0.717, 1.165) is 29.3 Å². The summed E-state index contributed by atoms with van der Waals surface area (Å²) in [6.07, 6.45) is 0.745. The van der Waals surface area contributed by atoms with Gasteiger partial charge in [-0.05, 0) is 36.6 Å². The number of amides is 1. The molecule has 1 aliphatic rings. The smallest absolute Gasteiger partial charge is 0.313 e. The van der Waals surface area contributed by atoms with Gasteiger partial charge in [-0.1, -0.05) is 0 Å². The van der Waals surface area contributed by atoms with E-state index in [1.54, 1.807) is 19.1 Å². The number of nitrogens with zero attached hydrogens (tertiary/aromatic N) is 1. The van der Waals surface area contributed by atoms with Crippen molar-refractivity contribution in [3.8, 4) is 11.5 Å². The summed E-state index contributed by atoms with van der Waals surface area (Å²) >= 11 is 1.12. The fourth-order valence-corrected chi connectivity index (χ4v) is 3.41. The Morgan fingerprint density at radius 3 is 2.52 bits per heavy atom. The first kappa shape index (κ1) is 17.5. The van der Waals surface area contributed by atoms with Crippen molar-refractivity contribution >= 4 is 23.6 Å². The van der Waals surface area contributed by atoms with Crippen molar-refractivity contribution in [1.82, 2.24) is 4.90 Å². The Balaban J connectivity index is 2.15. The van der Waals surface area contributed by atoms with Crippen molar-refractivity contribution in [2.45, 2.75) is 19.4 Å². The number of carboxylic acid groups (broad SMARTS) is 1. The molecule has 126 valence electrons. The Labute approximate surface area is 139 Å². The van der Waals surface area contributed by atoms with Crippen molar-refractivity contribution < 1.29 is 24.2 Å². The number of rotatable bonds is 6. The van der Waals surface area contributed by atoms with E-state index < -0.39 is 5.97 Å². The number of aliphatic carboxylic acids is 1. The molecule has 1 aromatic rings. The third kappa shape index (κ3) is 3.90. The Morgan fingerprint density at radius 2 is 1.91 bits per heavy atom. The van der Waals surface area contributed by atoms with Gasteiger partial charge in [0.15, 0.2) is 11.5 Å². The summed E-state index contributed by atoms with van der Waals surface area (Å²) in [6.45, 7) is 2.60. The van der Waals surface area contributed by atoms with E-state index in [-0.39, 0.29) is 23.5 Å². The van der Waals surface area contributed by atoms with Crippen molar-refractivity contribution in [3.05, 3.63) is 23.3 Å². The Morgan fingerprint density at radius 1 is 1.26 bits per heavy atom. The van der Waals surface area contributed by atoms with Crippen LogP contribution in [0, 0.1) is 0 Å². The average molecular weight is 339 g/mol. The topological polar surface area (TPSA) is 76.1 Å². The molecule has 1 atom stereocenters. The van der Waals surface area contributed by atoms with E-state index in [1.165, 1.54) is 0 Å². The summed E-state index contributed by atoms with van der Waals surface area (Å²) in [5, 5.41) is 8.65. The van der Waals surface area contributed by atoms with Crippen molar-refractivity contribution in [2.75, 3.05) is 32.3 Å². The molecular formula is C16H21NO5S. The van der Waals surface area contributed by atoms with E-state index >= 15 is 0 Å². The molecule has 1 N–H and O–H groups in total. The standard InChI is InChI=1S/C16H21NO5S/c1-10-12-7-14(22-3)13(21-2)6-11(12)4-5-17(10)15(18)8-23-9-16(19)20/h6-7,10H,4-5,8-9H2,1-3H3,(H,19,20). The third-order valence-electron chi connectivity index (χ3n) is 3.96. The van der Waals surface area contributed by atoms with Gasteiger partial charge in [0.1, 0.15) is 0 Å². The van der Waals surface area contributed by atoms with Crippen LogP contribution in [0.2, 0.25) is 0 Å². The molecule has 6 nitrogen and oxygen atoms in total. The predicted octanol–water partition coefficient (Wildman–Crippen LogP) is 1.97. The van der Waals surface area contributed by atoms with Gasteiger partial charge in [-0.3, -0.25) is 9.59 Å². The normalized spacial score (nSPS) is 16.7. The van der Waals surface area contributed by atoms with Crippen LogP contribution in [0.5, 0.6) is 11.5 Å². The van der Waals surface area contributed by atoms with E-state index in [1.807, 2.05) is 19.1 Å². The fraction of sp³-hybridized carbons (Fsp3) is 0.500. The van der Waals surface area contributed by atoms with Gasteiger partial charge >= 0.3 is 5.97 Å². The first-order valence-corrected chi connectivity index (χ1v) is 8.47. The molecule has 0 aliphatic carbocycles. The van der Waals surface area contributed by atoms with Crippen LogP contribution in [-0.4, -0.2) is 54.2 Å². The highest BCUT2D eigenvalue weighted by atomic mass is 32.2. The van der Waals surface area contributed by atoms with Crippen molar-refractivity contribution in [2.24, 2.45) is 0 Å². The zero-order chi connectivity index (χ0) is 17.0. The first-order valence-electron chi connectivity index (χ1n) is 7.31. The van der Waals surface area contributed by atoms with Crippen LogP contribution in [0.1, 0.15) is 24.1 Å². The number of carbonyl (C=O) groups is 2. The summed E-state index contributed by atoms with van der Waals surface area (Å²) in [5.74, 6) is 0.512. The lowest BCUT2D eigenvalue weighted by molar-refractivity contribution is -0.133. The van der Waals surface area contributed by atoms with Gasteiger partial charge in [-0.2, -0.15) is 0 Å². The Bertz CT molecular complexity index is 604. The highest BCUT2D eigenvalue weighted by Gasteiger charge is 2.29. The maximum absolute atomic E-state index is 12.3. The van der Waals surface area contributed by atoms with Gasteiger partial charge in [0, 0.05) is 6.54 Å². The number of hydrogen-bond acceptors (Lipinski definition) is 5. The molecule has 0 saturated carbocycles. The van der Waals surface area contributed by atoms with Gasteiger partial charge in [0.05, 0.1) is 31.8 Å². The van der Waals surface area contributed by atoms with E-state index in [2.05, 4.69) is 0 Å². The van der Waals surface area contributed by atoms with Crippen LogP contribution in [0.15, 0.2) is 12.1 Å². The number of hydrogen-bond donors (Lipinski definition) is 1. The molecule has 0 saturated heterocycles. The predicted molar refractivity (Wildman–Crippen MR) is 88.3 cm³/mol. The zero-order valence-corrected chi connectivity index (χ0v) is 14.3. The van der Waals surface area contributed by atoms with Gasteiger partial charge in [0.2, 0.25) is 5.91 Å². The third-order valence-corrected chi connectivity index (χ3v) is 4.86. The van der Waals surface area contributed by atoms with Crippen LogP contribution in [-0.2, 0) is 16.0 Å². The molecule has 1 aromatic carbocycles. The minimum absolute atomic E-state index is 0.0378. The highest BCUT2D eigenvalue weighted by Crippen LogP contribution is 2.38. The van der Waals surface area contributed by atoms with Crippen LogP contribution in [0.3, 0.4) is 0 Å². The summed E-state index contributed by atoms with van der Waals surface area (Å²) < 4.78 is 10.7. The van der Waals surface area contributed by atoms with Crippen LogP contribution in [0.4, 0.5) is 0 Å². The summed E-state index contributed by atoms with van der Waals surface area (Å²) in [5.41, 5.74) is 2.20. The van der Waals surface area contributed by atoms with Crippen LogP contribution in [0.25, 0.3) is 0 Å². The molecule has 1 heterocycles. The minimum atomic E-state index is -0.906. The average Bonchev–Trinajstić information content (AvgIpc) is 2.53. The number of carbonyl (C=O) groups excluding carboxylic acids is 1. The van der Waals surface area contributed by atoms with Crippen molar-refractivity contribution in [1.29, 1.82) is 0 Å². The van der Waals surface area contributed by atoms with E-state index in [9.17, 15) is 9.59 Å². The molecule has 23 heavy (non-hydrogen) atoms. The SMILES string of the molecule is COc1cc2c(cc1OC)C(C)N(C(=O)CSCC(=O)O)CC2. The van der Waals surface area contributed by atoms with Gasteiger partial charge in [-0.25, -0.2) is 0 Å². The largest absolute Gasteiger partial charge is 0.493 e. The zero-order valence-electron chi connectivity index (χ0n) is 13.5. The Hall–Kier alpha value is -1.89.